The van der Waals surface area contributed by atoms with Crippen LogP contribution in [0.5, 0.6) is 5.75 Å². The predicted octanol–water partition coefficient (Wildman–Crippen LogP) is 2.04. The molecule has 0 radical (unpaired) electrons. The summed E-state index contributed by atoms with van der Waals surface area (Å²) in [5.74, 6) is 1.62. The summed E-state index contributed by atoms with van der Waals surface area (Å²) in [6, 6.07) is 6.94. The third-order valence-corrected chi connectivity index (χ3v) is 4.37. The number of methoxy groups -OCH3 is 1. The van der Waals surface area contributed by atoms with E-state index in [4.69, 9.17) is 4.74 Å². The number of rotatable bonds is 5. The first kappa shape index (κ1) is 13.6. The molecule has 0 heterocycles. The lowest BCUT2D eigenvalue weighted by molar-refractivity contribution is 0.412. The van der Waals surface area contributed by atoms with Crippen molar-refractivity contribution in [2.75, 3.05) is 19.1 Å². The Bertz CT molecular complexity index is 447. The van der Waals surface area contributed by atoms with E-state index in [2.05, 4.69) is 24.4 Å². The highest BCUT2D eigenvalue weighted by atomic mass is 32.2. The van der Waals surface area contributed by atoms with Crippen molar-refractivity contribution in [2.24, 2.45) is 0 Å². The van der Waals surface area contributed by atoms with Gasteiger partial charge >= 0.3 is 0 Å². The van der Waals surface area contributed by atoms with Gasteiger partial charge in [-0.05, 0) is 43.0 Å². The van der Waals surface area contributed by atoms with E-state index in [0.717, 1.165) is 18.6 Å². The molecule has 1 aliphatic carbocycles. The average Bonchev–Trinajstić information content (AvgIpc) is 2.70. The highest BCUT2D eigenvalue weighted by Gasteiger charge is 2.24. The standard InChI is InChI=1S/C14H21NO2S/c1-10(9-18(3)16)15-14-7-5-11-4-6-12(17-2)8-13(11)14/h4,6,8,10,14-15H,5,7,9H2,1-3H3. The third kappa shape index (κ3) is 3.12. The first-order valence-corrected chi connectivity index (χ1v) is 8.05. The Morgan fingerprint density at radius 1 is 1.56 bits per heavy atom. The van der Waals surface area contributed by atoms with Crippen molar-refractivity contribution in [3.63, 3.8) is 0 Å². The summed E-state index contributed by atoms with van der Waals surface area (Å²) >= 11 is 0. The zero-order chi connectivity index (χ0) is 13.1. The largest absolute Gasteiger partial charge is 0.497 e. The second kappa shape index (κ2) is 5.85. The molecule has 1 aromatic carbocycles. The van der Waals surface area contributed by atoms with E-state index in [1.54, 1.807) is 13.4 Å². The predicted molar refractivity (Wildman–Crippen MR) is 75.6 cm³/mol. The quantitative estimate of drug-likeness (QED) is 0.887. The smallest absolute Gasteiger partial charge is 0.119 e. The minimum absolute atomic E-state index is 0.276. The maximum Gasteiger partial charge on any atom is 0.119 e. The average molecular weight is 267 g/mol. The van der Waals surface area contributed by atoms with E-state index >= 15 is 0 Å². The van der Waals surface area contributed by atoms with Crippen LogP contribution in [0, 0.1) is 0 Å². The van der Waals surface area contributed by atoms with Crippen LogP contribution in [-0.2, 0) is 17.2 Å². The van der Waals surface area contributed by atoms with Crippen LogP contribution in [0.1, 0.15) is 30.5 Å². The zero-order valence-electron chi connectivity index (χ0n) is 11.2. The fourth-order valence-electron chi connectivity index (χ4n) is 2.62. The van der Waals surface area contributed by atoms with Gasteiger partial charge in [0.2, 0.25) is 0 Å². The molecule has 0 fully saturated rings. The molecule has 2 rings (SSSR count). The van der Waals surface area contributed by atoms with Gasteiger partial charge in [0.15, 0.2) is 0 Å². The normalized spacial score (nSPS) is 21.4. The third-order valence-electron chi connectivity index (χ3n) is 3.40. The van der Waals surface area contributed by atoms with E-state index in [0.29, 0.717) is 11.8 Å². The summed E-state index contributed by atoms with van der Waals surface area (Å²) in [7, 11) is 0.950. The first-order valence-electron chi connectivity index (χ1n) is 6.33. The van der Waals surface area contributed by atoms with E-state index in [9.17, 15) is 4.21 Å². The molecular weight excluding hydrogens is 246 g/mol. The maximum atomic E-state index is 11.2. The van der Waals surface area contributed by atoms with Crippen molar-refractivity contribution in [1.29, 1.82) is 0 Å². The molecule has 3 unspecified atom stereocenters. The van der Waals surface area contributed by atoms with Gasteiger partial charge < -0.3 is 10.1 Å². The molecule has 0 amide bonds. The van der Waals surface area contributed by atoms with Crippen molar-refractivity contribution in [3.05, 3.63) is 29.3 Å². The summed E-state index contributed by atoms with van der Waals surface area (Å²) in [4.78, 5) is 0. The molecule has 0 saturated heterocycles. The summed E-state index contributed by atoms with van der Waals surface area (Å²) in [6.45, 7) is 2.10. The molecule has 18 heavy (non-hydrogen) atoms. The molecule has 1 aliphatic rings. The molecule has 0 saturated carbocycles. The van der Waals surface area contributed by atoms with Gasteiger partial charge in [0.1, 0.15) is 5.75 Å². The van der Waals surface area contributed by atoms with Gasteiger partial charge in [-0.25, -0.2) is 0 Å². The minimum Gasteiger partial charge on any atom is -0.497 e. The Hall–Kier alpha value is -0.870. The molecule has 3 atom stereocenters. The van der Waals surface area contributed by atoms with Gasteiger partial charge in [0, 0.05) is 34.9 Å². The Morgan fingerprint density at radius 3 is 3.00 bits per heavy atom. The summed E-state index contributed by atoms with van der Waals surface area (Å²) in [5, 5.41) is 3.57. The van der Waals surface area contributed by atoms with Crippen LogP contribution >= 0.6 is 0 Å². The monoisotopic (exact) mass is 267 g/mol. The van der Waals surface area contributed by atoms with E-state index in [1.807, 2.05) is 6.07 Å². The zero-order valence-corrected chi connectivity index (χ0v) is 12.0. The van der Waals surface area contributed by atoms with Crippen LogP contribution in [0.25, 0.3) is 0 Å². The van der Waals surface area contributed by atoms with Crippen LogP contribution in [0.2, 0.25) is 0 Å². The van der Waals surface area contributed by atoms with Gasteiger partial charge in [0.05, 0.1) is 7.11 Å². The van der Waals surface area contributed by atoms with Gasteiger partial charge in [-0.15, -0.1) is 0 Å². The number of fused-ring (bicyclic) bond motifs is 1. The van der Waals surface area contributed by atoms with Crippen LogP contribution in [0.4, 0.5) is 0 Å². The number of nitrogens with one attached hydrogen (secondary N) is 1. The molecule has 3 nitrogen and oxygen atoms in total. The van der Waals surface area contributed by atoms with E-state index < -0.39 is 10.8 Å². The SMILES string of the molecule is COc1ccc2c(c1)C(NC(C)CS(C)=O)CC2. The van der Waals surface area contributed by atoms with Gasteiger partial charge in [-0.2, -0.15) is 0 Å². The number of aryl methyl sites for hydroxylation is 1. The minimum atomic E-state index is -0.747. The van der Waals surface area contributed by atoms with Crippen LogP contribution < -0.4 is 10.1 Å². The molecule has 0 spiro atoms. The molecule has 1 N–H and O–H groups in total. The van der Waals surface area contributed by atoms with Crippen LogP contribution in [-0.4, -0.2) is 29.4 Å². The topological polar surface area (TPSA) is 38.3 Å². The van der Waals surface area contributed by atoms with Crippen molar-refractivity contribution in [1.82, 2.24) is 5.32 Å². The number of hydrogen-bond donors (Lipinski definition) is 1. The molecule has 4 heteroatoms. The van der Waals surface area contributed by atoms with Crippen LogP contribution in [0.3, 0.4) is 0 Å². The summed E-state index contributed by atoms with van der Waals surface area (Å²) < 4.78 is 16.5. The van der Waals surface area contributed by atoms with Crippen molar-refractivity contribution in [3.8, 4) is 5.75 Å². The second-order valence-corrected chi connectivity index (χ2v) is 6.44. The first-order chi connectivity index (χ1) is 8.60. The summed E-state index contributed by atoms with van der Waals surface area (Å²) in [6.07, 6.45) is 3.98. The molecule has 0 aliphatic heterocycles. The second-order valence-electron chi connectivity index (χ2n) is 4.96. The lowest BCUT2D eigenvalue weighted by atomic mass is 10.1. The molecule has 0 aromatic heterocycles. The Morgan fingerprint density at radius 2 is 2.33 bits per heavy atom. The molecule has 0 bridgehead atoms. The highest BCUT2D eigenvalue weighted by Crippen LogP contribution is 2.33. The van der Waals surface area contributed by atoms with Gasteiger partial charge in [-0.3, -0.25) is 4.21 Å². The molecular formula is C14H21NO2S. The van der Waals surface area contributed by atoms with Crippen molar-refractivity contribution >= 4 is 10.8 Å². The number of ether oxygens (including phenoxy) is 1. The lowest BCUT2D eigenvalue weighted by Gasteiger charge is -2.20. The van der Waals surface area contributed by atoms with Crippen molar-refractivity contribution in [2.45, 2.75) is 31.8 Å². The number of hydrogen-bond acceptors (Lipinski definition) is 3. The van der Waals surface area contributed by atoms with Gasteiger partial charge in [0.25, 0.3) is 0 Å². The van der Waals surface area contributed by atoms with Crippen molar-refractivity contribution < 1.29 is 8.95 Å². The Kier molecular flexibility index (Phi) is 4.40. The van der Waals surface area contributed by atoms with E-state index in [-0.39, 0.29) is 6.04 Å². The number of benzene rings is 1. The maximum absolute atomic E-state index is 11.2. The fourth-order valence-corrected chi connectivity index (χ4v) is 3.42. The van der Waals surface area contributed by atoms with Gasteiger partial charge in [-0.1, -0.05) is 6.07 Å². The lowest BCUT2D eigenvalue weighted by Crippen LogP contribution is -2.33. The fraction of sp³-hybridized carbons (Fsp3) is 0.571. The van der Waals surface area contributed by atoms with E-state index in [1.165, 1.54) is 11.1 Å². The molecule has 100 valence electrons. The van der Waals surface area contributed by atoms with Crippen LogP contribution in [0.15, 0.2) is 18.2 Å². The Labute approximate surface area is 111 Å². The molecule has 1 aromatic rings. The highest BCUT2D eigenvalue weighted by molar-refractivity contribution is 7.84. The summed E-state index contributed by atoms with van der Waals surface area (Å²) in [5.41, 5.74) is 2.74. The Balaban J connectivity index is 2.08.